The van der Waals surface area contributed by atoms with Crippen molar-refractivity contribution in [3.05, 3.63) is 47.1 Å². The van der Waals surface area contributed by atoms with Gasteiger partial charge >= 0.3 is 0 Å². The highest BCUT2D eigenvalue weighted by molar-refractivity contribution is 7.98. The lowest BCUT2D eigenvalue weighted by Gasteiger charge is -2.12. The molecule has 1 N–H and O–H groups in total. The number of anilines is 2. The van der Waals surface area contributed by atoms with Gasteiger partial charge in [-0.2, -0.15) is 14.9 Å². The number of benzene rings is 1. The second-order valence-electron chi connectivity index (χ2n) is 4.19. The molecule has 0 aliphatic rings. The van der Waals surface area contributed by atoms with E-state index in [-0.39, 0.29) is 0 Å². The highest BCUT2D eigenvalue weighted by atomic mass is 35.5. The van der Waals surface area contributed by atoms with Crippen LogP contribution >= 0.6 is 23.4 Å². The molecule has 1 aromatic carbocycles. The largest absolute Gasteiger partial charge is 0.339 e. The predicted octanol–water partition coefficient (Wildman–Crippen LogP) is 3.72. The van der Waals surface area contributed by atoms with Gasteiger partial charge in [-0.3, -0.25) is 0 Å². The number of nitrogens with one attached hydrogen (secondary N) is 1. The highest BCUT2D eigenvalue weighted by Gasteiger charge is 2.15. The number of aromatic nitrogens is 3. The third-order valence-electron chi connectivity index (χ3n) is 2.91. The molecular formula is C14H10ClN5S. The normalized spacial score (nSPS) is 10.5. The molecule has 0 bridgehead atoms. The van der Waals surface area contributed by atoms with Gasteiger partial charge in [0.25, 0.3) is 0 Å². The van der Waals surface area contributed by atoms with E-state index >= 15 is 0 Å². The van der Waals surface area contributed by atoms with Crippen LogP contribution in [0.5, 0.6) is 0 Å². The number of halogens is 1. The molecule has 104 valence electrons. The Hall–Kier alpha value is -2.23. The summed E-state index contributed by atoms with van der Waals surface area (Å²) in [5, 5.41) is 18.2. The van der Waals surface area contributed by atoms with Gasteiger partial charge in [0.1, 0.15) is 16.7 Å². The van der Waals surface area contributed by atoms with Gasteiger partial charge in [-0.15, -0.1) is 11.8 Å². The third kappa shape index (κ3) is 2.53. The molecule has 0 saturated carbocycles. The predicted molar refractivity (Wildman–Crippen MR) is 84.2 cm³/mol. The van der Waals surface area contributed by atoms with Gasteiger partial charge in [0.05, 0.1) is 6.20 Å². The van der Waals surface area contributed by atoms with E-state index in [1.807, 2.05) is 18.4 Å². The van der Waals surface area contributed by atoms with Gasteiger partial charge < -0.3 is 5.32 Å². The lowest BCUT2D eigenvalue weighted by molar-refractivity contribution is 0.917. The molecule has 0 unspecified atom stereocenters. The van der Waals surface area contributed by atoms with Crippen LogP contribution in [0.1, 0.15) is 5.56 Å². The minimum Gasteiger partial charge on any atom is -0.339 e. The average Bonchev–Trinajstić information content (AvgIpc) is 2.97. The molecule has 0 aliphatic carbocycles. The van der Waals surface area contributed by atoms with Crippen LogP contribution < -0.4 is 5.32 Å². The first-order valence-electron chi connectivity index (χ1n) is 6.07. The number of thioether (sulfide) groups is 1. The first-order valence-corrected chi connectivity index (χ1v) is 7.67. The zero-order valence-corrected chi connectivity index (χ0v) is 12.6. The molecule has 0 saturated heterocycles. The number of nitrogens with zero attached hydrogens (tertiary/aromatic N) is 4. The second kappa shape index (κ2) is 5.64. The zero-order chi connectivity index (χ0) is 14.8. The fourth-order valence-electron chi connectivity index (χ4n) is 1.95. The Balaban J connectivity index is 2.17. The van der Waals surface area contributed by atoms with Gasteiger partial charge in [-0.1, -0.05) is 11.6 Å². The Morgan fingerprint density at radius 3 is 2.71 bits per heavy atom. The van der Waals surface area contributed by atoms with Crippen molar-refractivity contribution >= 4 is 40.5 Å². The molecule has 0 atom stereocenters. The molecule has 0 amide bonds. The van der Waals surface area contributed by atoms with Crippen molar-refractivity contribution < 1.29 is 0 Å². The van der Waals surface area contributed by atoms with E-state index in [2.05, 4.69) is 21.5 Å². The van der Waals surface area contributed by atoms with Crippen LogP contribution in [-0.4, -0.2) is 20.9 Å². The van der Waals surface area contributed by atoms with E-state index in [4.69, 9.17) is 11.6 Å². The van der Waals surface area contributed by atoms with Crippen molar-refractivity contribution in [2.75, 3.05) is 11.6 Å². The van der Waals surface area contributed by atoms with Crippen LogP contribution in [0.25, 0.3) is 5.65 Å². The van der Waals surface area contributed by atoms with Gasteiger partial charge in [-0.25, -0.2) is 4.98 Å². The molecule has 2 aromatic heterocycles. The maximum Gasteiger partial charge on any atom is 0.158 e. The van der Waals surface area contributed by atoms with E-state index in [1.165, 1.54) is 11.8 Å². The smallest absolute Gasteiger partial charge is 0.158 e. The Bertz CT molecular complexity index is 835. The summed E-state index contributed by atoms with van der Waals surface area (Å²) >= 11 is 7.32. The van der Waals surface area contributed by atoms with E-state index in [1.54, 1.807) is 28.9 Å². The molecule has 0 spiro atoms. The van der Waals surface area contributed by atoms with Crippen molar-refractivity contribution in [2.24, 2.45) is 0 Å². The molecular weight excluding hydrogens is 306 g/mol. The highest BCUT2D eigenvalue weighted by Crippen LogP contribution is 2.28. The van der Waals surface area contributed by atoms with E-state index in [0.29, 0.717) is 27.1 Å². The summed E-state index contributed by atoms with van der Waals surface area (Å²) in [4.78, 5) is 4.42. The van der Waals surface area contributed by atoms with Crippen molar-refractivity contribution in [3.8, 4) is 6.07 Å². The number of fused-ring (bicyclic) bond motifs is 1. The van der Waals surface area contributed by atoms with Crippen LogP contribution in [0.15, 0.2) is 41.6 Å². The minimum atomic E-state index is 0.466. The first-order chi connectivity index (χ1) is 10.2. The fourth-order valence-corrected chi connectivity index (χ4v) is 2.61. The monoisotopic (exact) mass is 315 g/mol. The van der Waals surface area contributed by atoms with Crippen molar-refractivity contribution in [1.29, 1.82) is 5.26 Å². The Morgan fingerprint density at radius 1 is 1.29 bits per heavy atom. The lowest BCUT2D eigenvalue weighted by atomic mass is 10.3. The molecule has 7 heteroatoms. The SMILES string of the molecule is CSc1nc2ccnn2c(Nc2ccc(Cl)cc2)c1C#N. The van der Waals surface area contributed by atoms with Gasteiger partial charge in [0.2, 0.25) is 0 Å². The Morgan fingerprint density at radius 2 is 2.05 bits per heavy atom. The molecule has 3 rings (SSSR count). The van der Waals surface area contributed by atoms with Crippen molar-refractivity contribution in [1.82, 2.24) is 14.6 Å². The van der Waals surface area contributed by atoms with Crippen molar-refractivity contribution in [3.63, 3.8) is 0 Å². The zero-order valence-electron chi connectivity index (χ0n) is 11.0. The molecule has 0 aliphatic heterocycles. The lowest BCUT2D eigenvalue weighted by Crippen LogP contribution is -2.06. The van der Waals surface area contributed by atoms with Crippen LogP contribution in [0.4, 0.5) is 11.5 Å². The van der Waals surface area contributed by atoms with Gasteiger partial charge in [0.15, 0.2) is 11.5 Å². The van der Waals surface area contributed by atoms with Gasteiger partial charge in [0, 0.05) is 16.8 Å². The number of hydrogen-bond acceptors (Lipinski definition) is 5. The molecule has 0 fully saturated rings. The second-order valence-corrected chi connectivity index (χ2v) is 5.42. The average molecular weight is 316 g/mol. The molecule has 21 heavy (non-hydrogen) atoms. The first kappa shape index (κ1) is 13.7. The standard InChI is InChI=1S/C14H10ClN5S/c1-21-14-11(8-16)13(20-12(19-14)6-7-17-20)18-10-4-2-9(15)3-5-10/h2-7,18H,1H3. The van der Waals surface area contributed by atoms with Crippen molar-refractivity contribution in [2.45, 2.75) is 5.03 Å². The summed E-state index contributed by atoms with van der Waals surface area (Å²) in [5.74, 6) is 0.596. The Labute approximate surface area is 130 Å². The maximum atomic E-state index is 9.44. The molecule has 3 aromatic rings. The summed E-state index contributed by atoms with van der Waals surface area (Å²) in [6.45, 7) is 0. The maximum absolute atomic E-state index is 9.44. The minimum absolute atomic E-state index is 0.466. The number of rotatable bonds is 3. The van der Waals surface area contributed by atoms with Crippen LogP contribution in [0.3, 0.4) is 0 Å². The summed E-state index contributed by atoms with van der Waals surface area (Å²) in [5.41, 5.74) is 1.98. The number of nitriles is 1. The molecule has 0 radical (unpaired) electrons. The third-order valence-corrected chi connectivity index (χ3v) is 3.85. The summed E-state index contributed by atoms with van der Waals surface area (Å²) < 4.78 is 1.62. The fraction of sp³-hybridized carbons (Fsp3) is 0.0714. The molecule has 2 heterocycles. The summed E-state index contributed by atoms with van der Waals surface area (Å²) in [6.07, 6.45) is 3.54. The van der Waals surface area contributed by atoms with Crippen LogP contribution in [0.2, 0.25) is 5.02 Å². The number of hydrogen-bond donors (Lipinski definition) is 1. The van der Waals surface area contributed by atoms with E-state index < -0.39 is 0 Å². The van der Waals surface area contributed by atoms with E-state index in [0.717, 1.165) is 5.69 Å². The Kier molecular flexibility index (Phi) is 3.69. The summed E-state index contributed by atoms with van der Waals surface area (Å²) in [7, 11) is 0. The van der Waals surface area contributed by atoms with Gasteiger partial charge in [-0.05, 0) is 30.5 Å². The van der Waals surface area contributed by atoms with Crippen LogP contribution in [-0.2, 0) is 0 Å². The topological polar surface area (TPSA) is 66.0 Å². The molecule has 5 nitrogen and oxygen atoms in total. The van der Waals surface area contributed by atoms with Crippen LogP contribution in [0, 0.1) is 11.3 Å². The quantitative estimate of drug-likeness (QED) is 0.589. The summed E-state index contributed by atoms with van der Waals surface area (Å²) in [6, 6.07) is 11.3. The van der Waals surface area contributed by atoms with E-state index in [9.17, 15) is 5.26 Å².